The van der Waals surface area contributed by atoms with Crippen LogP contribution in [0.25, 0.3) is 12.2 Å². The summed E-state index contributed by atoms with van der Waals surface area (Å²) in [6, 6.07) is 4.38. The van der Waals surface area contributed by atoms with E-state index in [-0.39, 0.29) is 0 Å². The summed E-state index contributed by atoms with van der Waals surface area (Å²) in [6.07, 6.45) is 12.8. The standard InChI is InChI=1S/C22H20N2/c1-14-4-9-18(21-12-23-21)15(2)6-7-17-8-11-20(22-13-24-22)19(10-5-14)16(17)3/h4-11H,1,12-13H2,2-3H3. The summed E-state index contributed by atoms with van der Waals surface area (Å²) in [7, 11) is 0. The Balaban J connectivity index is 1.87. The highest BCUT2D eigenvalue weighted by Gasteiger charge is 2.18. The maximum atomic E-state index is 4.38. The normalized spacial score (nSPS) is 18.8. The summed E-state index contributed by atoms with van der Waals surface area (Å²) < 4.78 is 0. The van der Waals surface area contributed by atoms with E-state index in [4.69, 9.17) is 0 Å². The Kier molecular flexibility index (Phi) is 3.53. The quantitative estimate of drug-likeness (QED) is 0.755. The van der Waals surface area contributed by atoms with Crippen molar-refractivity contribution in [3.63, 3.8) is 0 Å². The van der Waals surface area contributed by atoms with Crippen LogP contribution in [0.1, 0.15) is 29.2 Å². The molecule has 0 radical (unpaired) electrons. The second kappa shape index (κ2) is 5.72. The van der Waals surface area contributed by atoms with Crippen molar-refractivity contribution in [3.8, 4) is 0 Å². The van der Waals surface area contributed by atoms with Gasteiger partial charge in [-0.05, 0) is 41.7 Å². The van der Waals surface area contributed by atoms with Crippen LogP contribution in [0, 0.1) is 6.92 Å². The van der Waals surface area contributed by atoms with Crippen molar-refractivity contribution in [2.24, 2.45) is 9.98 Å². The van der Waals surface area contributed by atoms with Gasteiger partial charge in [0.2, 0.25) is 0 Å². The molecule has 0 spiro atoms. The molecule has 1 aliphatic carbocycles. The maximum absolute atomic E-state index is 4.38. The van der Waals surface area contributed by atoms with Gasteiger partial charge in [-0.2, -0.15) is 0 Å². The van der Waals surface area contributed by atoms with Crippen molar-refractivity contribution in [2.45, 2.75) is 13.8 Å². The third-order valence-electron chi connectivity index (χ3n) is 4.68. The lowest BCUT2D eigenvalue weighted by atomic mass is 9.93. The molecule has 0 aromatic heterocycles. The molecule has 0 saturated heterocycles. The van der Waals surface area contributed by atoms with Crippen LogP contribution >= 0.6 is 0 Å². The fourth-order valence-electron chi connectivity index (χ4n) is 3.01. The van der Waals surface area contributed by atoms with Crippen LogP contribution in [0.2, 0.25) is 0 Å². The maximum Gasteiger partial charge on any atom is 0.0818 e. The molecule has 0 atom stereocenters. The minimum absolute atomic E-state index is 0.854. The SMILES string of the molecule is C=C1C=CC(C2=NC2)=C(C)C=Cc2ccc(C3=NC3)c(c2C)C=C1. The van der Waals surface area contributed by atoms with Gasteiger partial charge >= 0.3 is 0 Å². The molecular weight excluding hydrogens is 292 g/mol. The topological polar surface area (TPSA) is 24.7 Å². The predicted octanol–water partition coefficient (Wildman–Crippen LogP) is 4.72. The van der Waals surface area contributed by atoms with E-state index in [1.54, 1.807) is 0 Å². The first kappa shape index (κ1) is 14.8. The van der Waals surface area contributed by atoms with Gasteiger partial charge in [0.05, 0.1) is 24.5 Å². The van der Waals surface area contributed by atoms with Crippen LogP contribution in [0.5, 0.6) is 0 Å². The minimum atomic E-state index is 0.854. The van der Waals surface area contributed by atoms with E-state index >= 15 is 0 Å². The van der Waals surface area contributed by atoms with Gasteiger partial charge in [-0.3, -0.25) is 9.98 Å². The van der Waals surface area contributed by atoms with Gasteiger partial charge < -0.3 is 0 Å². The van der Waals surface area contributed by atoms with Crippen LogP contribution in [0.15, 0.2) is 69.7 Å². The van der Waals surface area contributed by atoms with Crippen molar-refractivity contribution in [2.75, 3.05) is 13.1 Å². The van der Waals surface area contributed by atoms with E-state index in [9.17, 15) is 0 Å². The lowest BCUT2D eigenvalue weighted by Crippen LogP contribution is -1.98. The molecule has 1 aromatic carbocycles. The molecule has 24 heavy (non-hydrogen) atoms. The van der Waals surface area contributed by atoms with Crippen LogP contribution in [0.3, 0.4) is 0 Å². The first-order valence-electron chi connectivity index (χ1n) is 8.28. The Morgan fingerprint density at radius 1 is 0.833 bits per heavy atom. The zero-order chi connectivity index (χ0) is 16.7. The molecule has 2 heteroatoms. The molecule has 1 aromatic rings. The minimum Gasteiger partial charge on any atom is -0.281 e. The van der Waals surface area contributed by atoms with Gasteiger partial charge in [0.1, 0.15) is 0 Å². The average molecular weight is 312 g/mol. The van der Waals surface area contributed by atoms with Crippen molar-refractivity contribution in [3.05, 3.63) is 82.0 Å². The van der Waals surface area contributed by atoms with Gasteiger partial charge in [-0.25, -0.2) is 0 Å². The molecule has 2 bridgehead atoms. The number of nitrogens with zero attached hydrogens (tertiary/aromatic N) is 2. The van der Waals surface area contributed by atoms with Gasteiger partial charge in [0, 0.05) is 11.1 Å². The second-order valence-electron chi connectivity index (χ2n) is 6.44. The summed E-state index contributed by atoms with van der Waals surface area (Å²) >= 11 is 0. The highest BCUT2D eigenvalue weighted by Crippen LogP contribution is 2.27. The van der Waals surface area contributed by atoms with Crippen molar-refractivity contribution < 1.29 is 0 Å². The number of hydrogen-bond acceptors (Lipinski definition) is 2. The molecule has 2 aliphatic heterocycles. The van der Waals surface area contributed by atoms with Crippen LogP contribution in [0.4, 0.5) is 0 Å². The number of hydrogen-bond donors (Lipinski definition) is 0. The lowest BCUT2D eigenvalue weighted by molar-refractivity contribution is 1.40. The molecular formula is C22H20N2. The van der Waals surface area contributed by atoms with Crippen LogP contribution < -0.4 is 0 Å². The summed E-state index contributed by atoms with van der Waals surface area (Å²) in [5.41, 5.74) is 10.8. The Labute approximate surface area is 143 Å². The molecule has 0 amide bonds. The lowest BCUT2D eigenvalue weighted by Gasteiger charge is -2.11. The molecule has 4 rings (SSSR count). The van der Waals surface area contributed by atoms with Crippen LogP contribution in [-0.2, 0) is 0 Å². The van der Waals surface area contributed by atoms with E-state index in [0.29, 0.717) is 0 Å². The van der Waals surface area contributed by atoms with E-state index in [0.717, 1.165) is 18.7 Å². The van der Waals surface area contributed by atoms with Crippen LogP contribution in [-0.4, -0.2) is 24.5 Å². The number of benzene rings is 1. The predicted molar refractivity (Wildman–Crippen MR) is 104 cm³/mol. The number of fused-ring (bicyclic) bond motifs is 2. The Hall–Kier alpha value is -2.74. The largest absolute Gasteiger partial charge is 0.281 e. The highest BCUT2D eigenvalue weighted by molar-refractivity contribution is 6.13. The van der Waals surface area contributed by atoms with Crippen molar-refractivity contribution in [1.29, 1.82) is 0 Å². The van der Waals surface area contributed by atoms with Crippen molar-refractivity contribution in [1.82, 2.24) is 0 Å². The smallest absolute Gasteiger partial charge is 0.0818 e. The molecule has 118 valence electrons. The Morgan fingerprint density at radius 2 is 1.54 bits per heavy atom. The number of aliphatic imine (C=N–C) groups is 2. The Morgan fingerprint density at radius 3 is 2.25 bits per heavy atom. The summed E-state index contributed by atoms with van der Waals surface area (Å²) in [6.45, 7) is 10.2. The van der Waals surface area contributed by atoms with E-state index in [1.807, 2.05) is 0 Å². The fraction of sp³-hybridized carbons (Fsp3) is 0.182. The fourth-order valence-corrected chi connectivity index (χ4v) is 3.01. The molecule has 0 unspecified atom stereocenters. The Bertz CT molecular complexity index is 931. The van der Waals surface area contributed by atoms with Crippen molar-refractivity contribution >= 4 is 23.6 Å². The third kappa shape index (κ3) is 2.88. The monoisotopic (exact) mass is 312 g/mol. The zero-order valence-electron chi connectivity index (χ0n) is 14.1. The average Bonchev–Trinajstić information content (AvgIpc) is 3.44. The number of rotatable bonds is 2. The first-order chi connectivity index (χ1) is 11.6. The van der Waals surface area contributed by atoms with E-state index in [1.165, 1.54) is 44.8 Å². The first-order valence-corrected chi connectivity index (χ1v) is 8.28. The molecule has 3 aliphatic rings. The molecule has 0 N–H and O–H groups in total. The van der Waals surface area contributed by atoms with Gasteiger partial charge in [0.15, 0.2) is 0 Å². The molecule has 0 saturated carbocycles. The van der Waals surface area contributed by atoms with E-state index < -0.39 is 0 Å². The highest BCUT2D eigenvalue weighted by atomic mass is 14.9. The third-order valence-corrected chi connectivity index (χ3v) is 4.68. The summed E-state index contributed by atoms with van der Waals surface area (Å²) in [4.78, 5) is 8.74. The molecule has 0 fully saturated rings. The van der Waals surface area contributed by atoms with Gasteiger partial charge in [-0.1, -0.05) is 55.2 Å². The van der Waals surface area contributed by atoms with Gasteiger partial charge in [0.25, 0.3) is 0 Å². The zero-order valence-corrected chi connectivity index (χ0v) is 14.1. The second-order valence-corrected chi connectivity index (χ2v) is 6.44. The van der Waals surface area contributed by atoms with E-state index in [2.05, 4.69) is 79.0 Å². The molecule has 2 heterocycles. The molecule has 2 nitrogen and oxygen atoms in total. The van der Waals surface area contributed by atoms with Gasteiger partial charge in [-0.15, -0.1) is 0 Å². The summed E-state index contributed by atoms with van der Waals surface area (Å²) in [5, 5.41) is 0. The number of allylic oxidation sites excluding steroid dienone is 6. The summed E-state index contributed by atoms with van der Waals surface area (Å²) in [5.74, 6) is 0.